The van der Waals surface area contributed by atoms with Gasteiger partial charge in [0.05, 0.1) is 13.2 Å². The minimum absolute atomic E-state index is 0.760. The molecule has 0 saturated carbocycles. The van der Waals surface area contributed by atoms with E-state index in [1.807, 2.05) is 7.05 Å². The number of nitrogens with one attached hydrogen (secondary N) is 2. The summed E-state index contributed by atoms with van der Waals surface area (Å²) in [5.74, 6) is 0.835. The Hall–Kier alpha value is -2.89. The molecular weight excluding hydrogens is 384 g/mol. The normalized spacial score (nSPS) is 15.2. The third kappa shape index (κ3) is 6.06. The Morgan fingerprint density at radius 1 is 0.903 bits per heavy atom. The van der Waals surface area contributed by atoms with Crippen molar-refractivity contribution in [2.24, 2.45) is 4.99 Å². The average molecular weight is 417 g/mol. The summed E-state index contributed by atoms with van der Waals surface area (Å²) in [6.07, 6.45) is 0.957. The highest BCUT2D eigenvalue weighted by atomic mass is 16.5. The van der Waals surface area contributed by atoms with Crippen molar-refractivity contribution in [3.8, 4) is 0 Å². The Labute approximate surface area is 185 Å². The van der Waals surface area contributed by atoms with E-state index < -0.39 is 0 Å². The van der Waals surface area contributed by atoms with Gasteiger partial charge >= 0.3 is 0 Å². The molecule has 1 aliphatic heterocycles. The van der Waals surface area contributed by atoms with Crippen molar-refractivity contribution < 1.29 is 4.74 Å². The number of guanidine groups is 1. The molecule has 1 aliphatic rings. The quantitative estimate of drug-likeness (QED) is 0.457. The van der Waals surface area contributed by atoms with Gasteiger partial charge in [-0.1, -0.05) is 66.7 Å². The third-order valence-corrected chi connectivity index (χ3v) is 5.81. The Kier molecular flexibility index (Phi) is 7.53. The number of hydrogen-bond acceptors (Lipinski definition) is 3. The summed E-state index contributed by atoms with van der Waals surface area (Å²) in [5.41, 5.74) is 4.01. The maximum absolute atomic E-state index is 5.47. The van der Waals surface area contributed by atoms with Crippen LogP contribution in [0.3, 0.4) is 0 Å². The fraction of sp³-hybridized carbons (Fsp3) is 0.346. The number of fused-ring (bicyclic) bond motifs is 1. The summed E-state index contributed by atoms with van der Waals surface area (Å²) in [4.78, 5) is 6.85. The molecule has 0 aliphatic carbocycles. The Bertz CT molecular complexity index is 1010. The molecule has 162 valence electrons. The van der Waals surface area contributed by atoms with Gasteiger partial charge in [0.25, 0.3) is 0 Å². The van der Waals surface area contributed by atoms with Crippen LogP contribution in [0.5, 0.6) is 0 Å². The molecule has 0 amide bonds. The standard InChI is InChI=1S/C26H32N4O/c1-27-26(28-13-12-21-10-11-22-6-2-3-7-23(22)18-21)29-19-24-8-4-5-9-25(24)20-30-14-16-31-17-15-30/h2-11,18H,12-17,19-20H2,1H3,(H2,27,28,29). The summed E-state index contributed by atoms with van der Waals surface area (Å²) in [7, 11) is 1.82. The summed E-state index contributed by atoms with van der Waals surface area (Å²) in [6.45, 7) is 6.22. The largest absolute Gasteiger partial charge is 0.379 e. The maximum Gasteiger partial charge on any atom is 0.191 e. The lowest BCUT2D eigenvalue weighted by Gasteiger charge is -2.27. The van der Waals surface area contributed by atoms with Crippen LogP contribution in [0.2, 0.25) is 0 Å². The number of nitrogens with zero attached hydrogens (tertiary/aromatic N) is 2. The van der Waals surface area contributed by atoms with Gasteiger partial charge in [0.15, 0.2) is 5.96 Å². The van der Waals surface area contributed by atoms with Crippen LogP contribution in [0.1, 0.15) is 16.7 Å². The first-order valence-electron chi connectivity index (χ1n) is 11.1. The van der Waals surface area contributed by atoms with Gasteiger partial charge in [-0.3, -0.25) is 9.89 Å². The zero-order valence-electron chi connectivity index (χ0n) is 18.3. The van der Waals surface area contributed by atoms with E-state index in [1.165, 1.54) is 27.5 Å². The lowest BCUT2D eigenvalue weighted by atomic mass is 10.1. The van der Waals surface area contributed by atoms with Crippen LogP contribution in [-0.4, -0.2) is 50.8 Å². The van der Waals surface area contributed by atoms with Crippen molar-refractivity contribution >= 4 is 16.7 Å². The molecule has 1 heterocycles. The Balaban J connectivity index is 1.28. The number of ether oxygens (including phenoxy) is 1. The number of benzene rings is 3. The highest BCUT2D eigenvalue weighted by Gasteiger charge is 2.12. The Morgan fingerprint density at radius 3 is 2.45 bits per heavy atom. The highest BCUT2D eigenvalue weighted by molar-refractivity contribution is 5.83. The Morgan fingerprint density at radius 2 is 1.65 bits per heavy atom. The fourth-order valence-electron chi connectivity index (χ4n) is 4.00. The third-order valence-electron chi connectivity index (χ3n) is 5.81. The van der Waals surface area contributed by atoms with Crippen LogP contribution >= 0.6 is 0 Å². The number of aliphatic imine (C=N–C) groups is 1. The second-order valence-electron chi connectivity index (χ2n) is 7.94. The summed E-state index contributed by atoms with van der Waals surface area (Å²) >= 11 is 0. The predicted octanol–water partition coefficient (Wildman–Crippen LogP) is 3.58. The molecule has 0 aromatic heterocycles. The van der Waals surface area contributed by atoms with E-state index in [2.05, 4.69) is 87.3 Å². The molecule has 0 spiro atoms. The molecular formula is C26H32N4O. The predicted molar refractivity (Wildman–Crippen MR) is 128 cm³/mol. The summed E-state index contributed by atoms with van der Waals surface area (Å²) in [5, 5.41) is 9.50. The number of rotatable bonds is 7. The summed E-state index contributed by atoms with van der Waals surface area (Å²) in [6, 6.07) is 23.8. The molecule has 2 N–H and O–H groups in total. The first-order chi connectivity index (χ1) is 15.3. The van der Waals surface area contributed by atoms with Gasteiger partial charge in [-0.15, -0.1) is 0 Å². The monoisotopic (exact) mass is 416 g/mol. The summed E-state index contributed by atoms with van der Waals surface area (Å²) < 4.78 is 5.47. The number of hydrogen-bond donors (Lipinski definition) is 2. The van der Waals surface area contributed by atoms with Crippen LogP contribution in [-0.2, 0) is 24.2 Å². The second kappa shape index (κ2) is 10.9. The van der Waals surface area contributed by atoms with E-state index in [9.17, 15) is 0 Å². The molecule has 0 unspecified atom stereocenters. The number of morpholine rings is 1. The van der Waals surface area contributed by atoms with Crippen molar-refractivity contribution in [1.29, 1.82) is 0 Å². The van der Waals surface area contributed by atoms with E-state index in [0.29, 0.717) is 0 Å². The van der Waals surface area contributed by atoms with Crippen LogP contribution in [0.4, 0.5) is 0 Å². The van der Waals surface area contributed by atoms with Gasteiger partial charge in [0.2, 0.25) is 0 Å². The van der Waals surface area contributed by atoms with Gasteiger partial charge in [0, 0.05) is 39.8 Å². The van der Waals surface area contributed by atoms with Gasteiger partial charge in [-0.05, 0) is 33.9 Å². The molecule has 0 radical (unpaired) electrons. The van der Waals surface area contributed by atoms with E-state index in [-0.39, 0.29) is 0 Å². The average Bonchev–Trinajstić information content (AvgIpc) is 2.82. The van der Waals surface area contributed by atoms with E-state index in [1.54, 1.807) is 0 Å². The van der Waals surface area contributed by atoms with Crippen molar-refractivity contribution in [1.82, 2.24) is 15.5 Å². The minimum atomic E-state index is 0.760. The molecule has 3 aromatic carbocycles. The molecule has 5 heteroatoms. The van der Waals surface area contributed by atoms with Crippen molar-refractivity contribution in [3.05, 3.63) is 83.4 Å². The van der Waals surface area contributed by atoms with E-state index in [0.717, 1.165) is 58.3 Å². The smallest absolute Gasteiger partial charge is 0.191 e. The molecule has 0 bridgehead atoms. The zero-order chi connectivity index (χ0) is 21.3. The van der Waals surface area contributed by atoms with E-state index in [4.69, 9.17) is 4.74 Å². The molecule has 5 nitrogen and oxygen atoms in total. The SMILES string of the molecule is CN=C(NCCc1ccc2ccccc2c1)NCc1ccccc1CN1CCOCC1. The molecule has 31 heavy (non-hydrogen) atoms. The molecule has 1 fully saturated rings. The minimum Gasteiger partial charge on any atom is -0.379 e. The lowest BCUT2D eigenvalue weighted by molar-refractivity contribution is 0.0341. The second-order valence-corrected chi connectivity index (χ2v) is 7.94. The van der Waals surface area contributed by atoms with Gasteiger partial charge < -0.3 is 15.4 Å². The topological polar surface area (TPSA) is 48.9 Å². The van der Waals surface area contributed by atoms with Crippen LogP contribution in [0.15, 0.2) is 71.7 Å². The van der Waals surface area contributed by atoms with Crippen molar-refractivity contribution in [2.45, 2.75) is 19.5 Å². The van der Waals surface area contributed by atoms with Crippen LogP contribution in [0, 0.1) is 0 Å². The first-order valence-corrected chi connectivity index (χ1v) is 11.1. The van der Waals surface area contributed by atoms with Crippen molar-refractivity contribution in [3.63, 3.8) is 0 Å². The van der Waals surface area contributed by atoms with Gasteiger partial charge in [0.1, 0.15) is 0 Å². The van der Waals surface area contributed by atoms with Crippen LogP contribution in [0.25, 0.3) is 10.8 Å². The maximum atomic E-state index is 5.47. The first kappa shape index (κ1) is 21.3. The highest BCUT2D eigenvalue weighted by Crippen LogP contribution is 2.16. The van der Waals surface area contributed by atoms with Crippen LogP contribution < -0.4 is 10.6 Å². The molecule has 0 atom stereocenters. The van der Waals surface area contributed by atoms with Crippen molar-refractivity contribution in [2.75, 3.05) is 39.9 Å². The van der Waals surface area contributed by atoms with Gasteiger partial charge in [-0.25, -0.2) is 0 Å². The zero-order valence-corrected chi connectivity index (χ0v) is 18.3. The molecule has 3 aromatic rings. The molecule has 4 rings (SSSR count). The lowest BCUT2D eigenvalue weighted by Crippen LogP contribution is -2.38. The fourth-order valence-corrected chi connectivity index (χ4v) is 4.00. The molecule has 1 saturated heterocycles. The van der Waals surface area contributed by atoms with E-state index >= 15 is 0 Å². The van der Waals surface area contributed by atoms with Gasteiger partial charge in [-0.2, -0.15) is 0 Å².